The lowest BCUT2D eigenvalue weighted by Gasteiger charge is -2.08. The van der Waals surface area contributed by atoms with Crippen molar-refractivity contribution < 1.29 is 17.6 Å². The summed E-state index contributed by atoms with van der Waals surface area (Å²) in [4.78, 5) is 0. The third-order valence-corrected chi connectivity index (χ3v) is 5.87. The van der Waals surface area contributed by atoms with Crippen LogP contribution >= 0.6 is 0 Å². The predicted octanol–water partition coefficient (Wildman–Crippen LogP) is 8.59. The van der Waals surface area contributed by atoms with E-state index in [9.17, 15) is 17.6 Å². The third kappa shape index (κ3) is 5.31. The van der Waals surface area contributed by atoms with Gasteiger partial charge in [-0.25, -0.2) is 17.6 Å². The Morgan fingerprint density at radius 2 is 1.26 bits per heavy atom. The second kappa shape index (κ2) is 10.6. The molecule has 0 saturated heterocycles. The van der Waals surface area contributed by atoms with Crippen LogP contribution in [0.15, 0.2) is 66.7 Å². The summed E-state index contributed by atoms with van der Waals surface area (Å²) in [5.41, 5.74) is 4.12. The van der Waals surface area contributed by atoms with Crippen LogP contribution in [0.5, 0.6) is 0 Å². The summed E-state index contributed by atoms with van der Waals surface area (Å²) in [5.74, 6) is 0.773. The van der Waals surface area contributed by atoms with Crippen molar-refractivity contribution in [3.8, 4) is 23.0 Å². The maximum absolute atomic E-state index is 14.5. The summed E-state index contributed by atoms with van der Waals surface area (Å²) >= 11 is 0. The molecular formula is C30H24F4. The Balaban J connectivity index is 1.50. The monoisotopic (exact) mass is 460 g/mol. The molecule has 0 nitrogen and oxygen atoms in total. The summed E-state index contributed by atoms with van der Waals surface area (Å²) in [6.07, 6.45) is 6.04. The summed E-state index contributed by atoms with van der Waals surface area (Å²) in [5, 5.41) is -0.596. The molecule has 0 unspecified atom stereocenters. The van der Waals surface area contributed by atoms with Crippen LogP contribution in [-0.4, -0.2) is 0 Å². The molecule has 0 N–H and O–H groups in total. The van der Waals surface area contributed by atoms with Crippen LogP contribution in [0.1, 0.15) is 49.3 Å². The van der Waals surface area contributed by atoms with Crippen LogP contribution in [0.3, 0.4) is 0 Å². The molecule has 4 aromatic rings. The van der Waals surface area contributed by atoms with E-state index in [0.29, 0.717) is 11.1 Å². The maximum Gasteiger partial charge on any atom is 0.195 e. The van der Waals surface area contributed by atoms with Crippen molar-refractivity contribution >= 4 is 10.8 Å². The van der Waals surface area contributed by atoms with Crippen LogP contribution in [-0.2, 0) is 6.42 Å². The quantitative estimate of drug-likeness (QED) is 0.117. The van der Waals surface area contributed by atoms with E-state index in [0.717, 1.165) is 29.7 Å². The predicted molar refractivity (Wildman–Crippen MR) is 129 cm³/mol. The number of rotatable bonds is 6. The molecular weight excluding hydrogens is 436 g/mol. The Morgan fingerprint density at radius 3 is 1.91 bits per heavy atom. The van der Waals surface area contributed by atoms with Crippen LogP contribution in [0.4, 0.5) is 17.6 Å². The second-order valence-electron chi connectivity index (χ2n) is 8.38. The molecule has 0 saturated carbocycles. The molecule has 0 aliphatic rings. The van der Waals surface area contributed by atoms with E-state index in [1.807, 2.05) is 12.1 Å². The summed E-state index contributed by atoms with van der Waals surface area (Å²) in [6, 6.07) is 18.8. The minimum Gasteiger partial charge on any atom is -0.206 e. The van der Waals surface area contributed by atoms with E-state index in [-0.39, 0.29) is 5.39 Å². The molecule has 34 heavy (non-hydrogen) atoms. The molecule has 0 aromatic heterocycles. The summed E-state index contributed by atoms with van der Waals surface area (Å²) in [6.45, 7) is 2.21. The van der Waals surface area contributed by atoms with E-state index in [2.05, 4.69) is 30.9 Å². The number of aryl methyl sites for hydroxylation is 1. The highest BCUT2D eigenvalue weighted by Gasteiger charge is 2.17. The number of halogens is 4. The fraction of sp³-hybridized carbons (Fsp3) is 0.200. The molecule has 4 rings (SSSR count). The Labute approximate surface area is 197 Å². The van der Waals surface area contributed by atoms with Crippen molar-refractivity contribution in [2.24, 2.45) is 0 Å². The van der Waals surface area contributed by atoms with Crippen LogP contribution in [0.2, 0.25) is 0 Å². The van der Waals surface area contributed by atoms with Gasteiger partial charge in [-0.3, -0.25) is 0 Å². The molecule has 0 bridgehead atoms. The minimum absolute atomic E-state index is 0.0379. The van der Waals surface area contributed by atoms with Crippen molar-refractivity contribution in [3.05, 3.63) is 107 Å². The molecule has 0 aliphatic carbocycles. The van der Waals surface area contributed by atoms with Crippen molar-refractivity contribution in [2.45, 2.75) is 39.0 Å². The van der Waals surface area contributed by atoms with Gasteiger partial charge in [0.1, 0.15) is 5.82 Å². The fourth-order valence-corrected chi connectivity index (χ4v) is 3.96. The first-order valence-corrected chi connectivity index (χ1v) is 11.4. The Bertz CT molecular complexity index is 1360. The highest BCUT2D eigenvalue weighted by molar-refractivity contribution is 5.88. The van der Waals surface area contributed by atoms with Crippen LogP contribution in [0, 0.1) is 35.1 Å². The number of hydrogen-bond donors (Lipinski definition) is 0. The lowest BCUT2D eigenvalue weighted by Crippen LogP contribution is -1.95. The fourth-order valence-electron chi connectivity index (χ4n) is 3.96. The van der Waals surface area contributed by atoms with Crippen molar-refractivity contribution in [1.29, 1.82) is 0 Å². The molecule has 0 heterocycles. The zero-order chi connectivity index (χ0) is 24.1. The molecule has 0 amide bonds. The lowest BCUT2D eigenvalue weighted by molar-refractivity contribution is 0.451. The lowest BCUT2D eigenvalue weighted by atomic mass is 9.99. The largest absolute Gasteiger partial charge is 0.206 e. The smallest absolute Gasteiger partial charge is 0.195 e. The van der Waals surface area contributed by atoms with Crippen LogP contribution in [0.25, 0.3) is 21.9 Å². The molecule has 172 valence electrons. The van der Waals surface area contributed by atoms with Gasteiger partial charge in [-0.15, -0.1) is 0 Å². The minimum atomic E-state index is -1.68. The Kier molecular flexibility index (Phi) is 7.33. The Morgan fingerprint density at radius 1 is 0.618 bits per heavy atom. The van der Waals surface area contributed by atoms with Gasteiger partial charge >= 0.3 is 0 Å². The van der Waals surface area contributed by atoms with Gasteiger partial charge in [0.2, 0.25) is 0 Å². The number of benzene rings is 4. The molecule has 0 aliphatic heterocycles. The number of fused-ring (bicyclic) bond motifs is 1. The van der Waals surface area contributed by atoms with E-state index >= 15 is 0 Å². The molecule has 4 heteroatoms. The van der Waals surface area contributed by atoms with Gasteiger partial charge in [0.05, 0.1) is 5.39 Å². The average Bonchev–Trinajstić information content (AvgIpc) is 2.84. The summed E-state index contributed by atoms with van der Waals surface area (Å²) in [7, 11) is 0. The topological polar surface area (TPSA) is 0 Å². The van der Waals surface area contributed by atoms with E-state index in [1.165, 1.54) is 37.3 Å². The van der Waals surface area contributed by atoms with Gasteiger partial charge in [0.25, 0.3) is 0 Å². The van der Waals surface area contributed by atoms with Gasteiger partial charge in [-0.2, -0.15) is 0 Å². The van der Waals surface area contributed by atoms with Gasteiger partial charge in [0, 0.05) is 11.1 Å². The molecule has 0 spiro atoms. The van der Waals surface area contributed by atoms with Gasteiger partial charge in [0.15, 0.2) is 17.5 Å². The average molecular weight is 461 g/mol. The third-order valence-electron chi connectivity index (χ3n) is 5.87. The van der Waals surface area contributed by atoms with Crippen LogP contribution < -0.4 is 0 Å². The molecule has 4 aromatic carbocycles. The van der Waals surface area contributed by atoms with Crippen molar-refractivity contribution in [1.82, 2.24) is 0 Å². The van der Waals surface area contributed by atoms with Gasteiger partial charge in [-0.05, 0) is 77.4 Å². The van der Waals surface area contributed by atoms with E-state index in [4.69, 9.17) is 0 Å². The highest BCUT2D eigenvalue weighted by Crippen LogP contribution is 2.31. The SMILES string of the molecule is CCCCCCc1ccc(C#Cc2ccc(-c3cc(F)c4c(F)c(F)c(F)cc4c3)cc2)cc1. The maximum atomic E-state index is 14.5. The number of hydrogen-bond acceptors (Lipinski definition) is 0. The second-order valence-corrected chi connectivity index (χ2v) is 8.38. The molecule has 0 radical (unpaired) electrons. The first kappa shape index (κ1) is 23.6. The normalized spacial score (nSPS) is 10.9. The zero-order valence-corrected chi connectivity index (χ0v) is 18.9. The first-order valence-electron chi connectivity index (χ1n) is 11.4. The Hall–Kier alpha value is -3.58. The summed E-state index contributed by atoms with van der Waals surface area (Å²) < 4.78 is 55.5. The standard InChI is InChI=1S/C30H24F4/c1-2-3-4-5-6-20-7-9-21(10-8-20)11-12-22-13-15-23(16-14-22)24-17-25-19-27(32)29(33)30(34)28(25)26(31)18-24/h7-10,13-19H,2-6H2,1H3. The highest BCUT2D eigenvalue weighted by atomic mass is 19.2. The van der Waals surface area contributed by atoms with Gasteiger partial charge < -0.3 is 0 Å². The molecule has 0 atom stereocenters. The molecule has 0 fully saturated rings. The van der Waals surface area contributed by atoms with Gasteiger partial charge in [-0.1, -0.05) is 62.3 Å². The van der Waals surface area contributed by atoms with E-state index in [1.54, 1.807) is 24.3 Å². The zero-order valence-electron chi connectivity index (χ0n) is 18.9. The van der Waals surface area contributed by atoms with Crippen molar-refractivity contribution in [2.75, 3.05) is 0 Å². The van der Waals surface area contributed by atoms with E-state index < -0.39 is 28.7 Å². The first-order chi connectivity index (χ1) is 16.5. The van der Waals surface area contributed by atoms with Crippen molar-refractivity contribution in [3.63, 3.8) is 0 Å². The number of unbranched alkanes of at least 4 members (excludes halogenated alkanes) is 3.